The van der Waals surface area contributed by atoms with Crippen molar-refractivity contribution in [3.8, 4) is 0 Å². The lowest BCUT2D eigenvalue weighted by atomic mass is 10.0. The smallest absolute Gasteiger partial charge is 0.311 e. The Kier molecular flexibility index (Phi) is 4.13. The molecule has 2 N–H and O–H groups in total. The number of carbonyl (C=O) groups excluding carboxylic acids is 1. The largest absolute Gasteiger partial charge is 0.481 e. The highest BCUT2D eigenvalue weighted by molar-refractivity contribution is 5.95. The number of halogens is 1. The Hall–Kier alpha value is -2.55. The van der Waals surface area contributed by atoms with E-state index < -0.39 is 40.3 Å². The van der Waals surface area contributed by atoms with Crippen molar-refractivity contribution in [3.05, 3.63) is 39.7 Å². The molecular weight excluding hydrogens is 287 g/mol. The number of carboxylic acids is 1. The van der Waals surface area contributed by atoms with Gasteiger partial charge in [0, 0.05) is 11.6 Å². The van der Waals surface area contributed by atoms with Gasteiger partial charge in [-0.1, -0.05) is 0 Å². The van der Waals surface area contributed by atoms with E-state index in [2.05, 4.69) is 5.32 Å². The minimum absolute atomic E-state index is 0.0240. The van der Waals surface area contributed by atoms with Crippen LogP contribution in [0.25, 0.3) is 0 Å². The van der Waals surface area contributed by atoms with E-state index in [4.69, 9.17) is 9.84 Å². The molecule has 0 saturated carbocycles. The van der Waals surface area contributed by atoms with Crippen molar-refractivity contribution in [2.75, 3.05) is 13.2 Å². The third kappa shape index (κ3) is 3.14. The van der Waals surface area contributed by atoms with Crippen molar-refractivity contribution in [3.63, 3.8) is 0 Å². The van der Waals surface area contributed by atoms with Gasteiger partial charge in [-0.2, -0.15) is 4.39 Å². The van der Waals surface area contributed by atoms with Crippen LogP contribution in [0.2, 0.25) is 0 Å². The number of aliphatic carboxylic acids is 1. The molecule has 2 rings (SSSR count). The minimum Gasteiger partial charge on any atom is -0.481 e. The lowest BCUT2D eigenvalue weighted by molar-refractivity contribution is -0.387. The molecule has 0 bridgehead atoms. The first-order chi connectivity index (χ1) is 9.90. The maximum atomic E-state index is 13.2. The van der Waals surface area contributed by atoms with Crippen LogP contribution in [0.3, 0.4) is 0 Å². The van der Waals surface area contributed by atoms with Gasteiger partial charge in [-0.05, 0) is 12.1 Å². The second-order valence-corrected chi connectivity index (χ2v) is 4.49. The van der Waals surface area contributed by atoms with Crippen molar-refractivity contribution in [2.24, 2.45) is 5.92 Å². The van der Waals surface area contributed by atoms with E-state index in [0.717, 1.165) is 18.2 Å². The topological polar surface area (TPSA) is 119 Å². The Balaban J connectivity index is 2.15. The fourth-order valence-corrected chi connectivity index (χ4v) is 1.99. The van der Waals surface area contributed by atoms with Gasteiger partial charge in [0.15, 0.2) is 0 Å². The minimum atomic E-state index is -1.11. The van der Waals surface area contributed by atoms with Crippen LogP contribution in [0.5, 0.6) is 0 Å². The lowest BCUT2D eigenvalue weighted by Gasteiger charge is -2.15. The molecule has 1 amide bonds. The fourth-order valence-electron chi connectivity index (χ4n) is 1.99. The van der Waals surface area contributed by atoms with Gasteiger partial charge in [-0.25, -0.2) is 0 Å². The van der Waals surface area contributed by atoms with Crippen molar-refractivity contribution in [1.29, 1.82) is 0 Å². The summed E-state index contributed by atoms with van der Waals surface area (Å²) in [6.45, 7) is 0.00976. The van der Waals surface area contributed by atoms with Crippen molar-refractivity contribution < 1.29 is 28.7 Å². The van der Waals surface area contributed by atoms with E-state index in [9.17, 15) is 24.1 Å². The summed E-state index contributed by atoms with van der Waals surface area (Å²) in [4.78, 5) is 32.6. The van der Waals surface area contributed by atoms with Crippen LogP contribution in [0, 0.1) is 21.8 Å². The van der Waals surface area contributed by atoms with E-state index in [1.54, 1.807) is 0 Å². The number of nitrogens with zero attached hydrogens (tertiary/aromatic N) is 1. The molecule has 1 heterocycles. The molecule has 9 heteroatoms. The van der Waals surface area contributed by atoms with Crippen LogP contribution >= 0.6 is 0 Å². The Morgan fingerprint density at radius 2 is 2.14 bits per heavy atom. The molecule has 2 atom stereocenters. The van der Waals surface area contributed by atoms with Crippen molar-refractivity contribution >= 4 is 17.6 Å². The molecule has 1 aliphatic heterocycles. The number of amides is 1. The Morgan fingerprint density at radius 1 is 1.43 bits per heavy atom. The Bertz CT molecular complexity index is 605. The van der Waals surface area contributed by atoms with E-state index in [1.165, 1.54) is 0 Å². The third-order valence-electron chi connectivity index (χ3n) is 3.12. The van der Waals surface area contributed by atoms with Crippen molar-refractivity contribution in [1.82, 2.24) is 5.32 Å². The van der Waals surface area contributed by atoms with Gasteiger partial charge in [-0.3, -0.25) is 19.7 Å². The number of nitro benzene ring substituents is 1. The molecule has 21 heavy (non-hydrogen) atoms. The summed E-state index contributed by atoms with van der Waals surface area (Å²) in [5, 5.41) is 22.0. The average molecular weight is 298 g/mol. The Labute approximate surface area is 117 Å². The number of benzene rings is 1. The molecular formula is C12H11FN2O6. The van der Waals surface area contributed by atoms with Gasteiger partial charge < -0.3 is 15.2 Å². The SMILES string of the molecule is O=C(NC1COCC1C(=O)O)c1ccc(F)c([N+](=O)[O-])c1. The van der Waals surface area contributed by atoms with E-state index >= 15 is 0 Å². The molecule has 1 fully saturated rings. The average Bonchev–Trinajstić information content (AvgIpc) is 2.87. The molecule has 0 radical (unpaired) electrons. The molecule has 1 aromatic carbocycles. The molecule has 2 unspecified atom stereocenters. The number of nitrogens with one attached hydrogen (secondary N) is 1. The molecule has 0 spiro atoms. The van der Waals surface area contributed by atoms with Gasteiger partial charge in [0.25, 0.3) is 5.91 Å². The highest BCUT2D eigenvalue weighted by Crippen LogP contribution is 2.19. The first kappa shape index (κ1) is 14.9. The maximum Gasteiger partial charge on any atom is 0.311 e. The van der Waals surface area contributed by atoms with Crippen LogP contribution in [0.15, 0.2) is 18.2 Å². The predicted octanol–water partition coefficient (Wildman–Crippen LogP) is 0.563. The monoisotopic (exact) mass is 298 g/mol. The highest BCUT2D eigenvalue weighted by atomic mass is 19.1. The summed E-state index contributed by atoms with van der Waals surface area (Å²) >= 11 is 0. The van der Waals surface area contributed by atoms with Crippen LogP contribution < -0.4 is 5.32 Å². The van der Waals surface area contributed by atoms with Crippen LogP contribution in [0.4, 0.5) is 10.1 Å². The predicted molar refractivity (Wildman–Crippen MR) is 66.3 cm³/mol. The van der Waals surface area contributed by atoms with Crippen LogP contribution in [0.1, 0.15) is 10.4 Å². The zero-order valence-electron chi connectivity index (χ0n) is 10.6. The van der Waals surface area contributed by atoms with Gasteiger partial charge in [0.2, 0.25) is 5.82 Å². The number of carbonyl (C=O) groups is 2. The summed E-state index contributed by atoms with van der Waals surface area (Å²) in [7, 11) is 0. The first-order valence-corrected chi connectivity index (χ1v) is 5.95. The van der Waals surface area contributed by atoms with E-state index in [1.807, 2.05) is 0 Å². The van der Waals surface area contributed by atoms with Crippen LogP contribution in [-0.4, -0.2) is 41.2 Å². The molecule has 1 aromatic rings. The van der Waals surface area contributed by atoms with Crippen molar-refractivity contribution in [2.45, 2.75) is 6.04 Å². The molecule has 8 nitrogen and oxygen atoms in total. The van der Waals surface area contributed by atoms with E-state index in [-0.39, 0.29) is 18.8 Å². The van der Waals surface area contributed by atoms with Gasteiger partial charge in [0.05, 0.1) is 24.2 Å². The van der Waals surface area contributed by atoms with E-state index in [0.29, 0.717) is 0 Å². The zero-order valence-corrected chi connectivity index (χ0v) is 10.6. The molecule has 0 aromatic heterocycles. The normalized spacial score (nSPS) is 21.0. The summed E-state index contributed by atoms with van der Waals surface area (Å²) < 4.78 is 18.2. The Morgan fingerprint density at radius 3 is 2.76 bits per heavy atom. The second-order valence-electron chi connectivity index (χ2n) is 4.49. The zero-order chi connectivity index (χ0) is 15.6. The maximum absolute atomic E-state index is 13.2. The number of nitro groups is 1. The number of carboxylic acid groups (broad SMARTS) is 1. The number of rotatable bonds is 4. The van der Waals surface area contributed by atoms with Crippen LogP contribution in [-0.2, 0) is 9.53 Å². The first-order valence-electron chi connectivity index (χ1n) is 5.95. The molecule has 1 saturated heterocycles. The van der Waals surface area contributed by atoms with Gasteiger partial charge in [-0.15, -0.1) is 0 Å². The second kappa shape index (κ2) is 5.83. The third-order valence-corrected chi connectivity index (χ3v) is 3.12. The number of hydrogen-bond acceptors (Lipinski definition) is 5. The highest BCUT2D eigenvalue weighted by Gasteiger charge is 2.35. The standard InChI is InChI=1S/C12H11FN2O6/c13-8-2-1-6(3-10(8)15(19)20)11(16)14-9-5-21-4-7(9)12(17)18/h1-3,7,9H,4-5H2,(H,14,16)(H,17,18). The molecule has 0 aliphatic carbocycles. The number of hydrogen-bond donors (Lipinski definition) is 2. The summed E-state index contributed by atoms with van der Waals surface area (Å²) in [5.41, 5.74) is -0.945. The number of ether oxygens (including phenoxy) is 1. The molecule has 112 valence electrons. The quantitative estimate of drug-likeness (QED) is 0.619. The van der Waals surface area contributed by atoms with Gasteiger partial charge >= 0.3 is 11.7 Å². The lowest BCUT2D eigenvalue weighted by Crippen LogP contribution is -2.42. The summed E-state index contributed by atoms with van der Waals surface area (Å²) in [6.07, 6.45) is 0. The summed E-state index contributed by atoms with van der Waals surface area (Å²) in [6, 6.07) is 1.96. The van der Waals surface area contributed by atoms with Gasteiger partial charge in [0.1, 0.15) is 5.92 Å². The summed E-state index contributed by atoms with van der Waals surface area (Å²) in [5.74, 6) is -3.77. The fraction of sp³-hybridized carbons (Fsp3) is 0.333. The molecule has 1 aliphatic rings.